The van der Waals surface area contributed by atoms with Crippen LogP contribution in [-0.2, 0) is 14.6 Å². The van der Waals surface area contributed by atoms with Gasteiger partial charge in [-0.2, -0.15) is 0 Å². The van der Waals surface area contributed by atoms with Crippen LogP contribution in [0, 0.1) is 0 Å². The second-order valence-electron chi connectivity index (χ2n) is 2.63. The van der Waals surface area contributed by atoms with Crippen LogP contribution >= 0.6 is 0 Å². The maximum atomic E-state index is 10.9. The molecule has 1 saturated heterocycles. The van der Waals surface area contributed by atoms with Crippen LogP contribution in [-0.4, -0.2) is 32.0 Å². The summed E-state index contributed by atoms with van der Waals surface area (Å²) >= 11 is 0. The fraction of sp³-hybridized carbons (Fsp3) is 0.833. The number of sulfone groups is 1. The third-order valence-electron chi connectivity index (χ3n) is 1.67. The fourth-order valence-electron chi connectivity index (χ4n) is 1.18. The largest absolute Gasteiger partial charge is 0.235 e. The van der Waals surface area contributed by atoms with Crippen LogP contribution in [0.1, 0.15) is 12.8 Å². The van der Waals surface area contributed by atoms with E-state index >= 15 is 0 Å². The summed E-state index contributed by atoms with van der Waals surface area (Å²) in [5.74, 6) is 0.250. The van der Waals surface area contributed by atoms with Crippen LogP contribution in [0.2, 0.25) is 0 Å². The Morgan fingerprint density at radius 3 is 2.73 bits per heavy atom. The van der Waals surface area contributed by atoms with Gasteiger partial charge in [0.1, 0.15) is 0 Å². The fourth-order valence-corrected chi connectivity index (χ4v) is 2.78. The summed E-state index contributed by atoms with van der Waals surface area (Å²) in [5.41, 5.74) is 0. The highest BCUT2D eigenvalue weighted by atomic mass is 32.2. The Morgan fingerprint density at radius 1 is 1.45 bits per heavy atom. The van der Waals surface area contributed by atoms with Gasteiger partial charge in [-0.15, -0.1) is 0 Å². The van der Waals surface area contributed by atoms with Crippen molar-refractivity contribution in [1.29, 1.82) is 0 Å². The van der Waals surface area contributed by atoms with Crippen molar-refractivity contribution in [3.8, 4) is 0 Å². The van der Waals surface area contributed by atoms with E-state index in [2.05, 4.69) is 4.99 Å². The first-order chi connectivity index (χ1) is 5.14. The molecule has 0 N–H and O–H groups in total. The minimum absolute atomic E-state index is 0.0161. The van der Waals surface area contributed by atoms with E-state index in [-0.39, 0.29) is 17.5 Å². The molecule has 1 atom stereocenters. The lowest BCUT2D eigenvalue weighted by atomic mass is 10.2. The smallest absolute Gasteiger partial charge is 0.229 e. The highest BCUT2D eigenvalue weighted by molar-refractivity contribution is 7.91. The second kappa shape index (κ2) is 3.15. The predicted molar refractivity (Wildman–Crippen MR) is 39.8 cm³/mol. The summed E-state index contributed by atoms with van der Waals surface area (Å²) in [7, 11) is -2.93. The number of hydrogen-bond donors (Lipinski definition) is 0. The van der Waals surface area contributed by atoms with Crippen molar-refractivity contribution in [3.63, 3.8) is 0 Å². The topological polar surface area (TPSA) is 63.6 Å². The maximum Gasteiger partial charge on any atom is 0.235 e. The monoisotopic (exact) mass is 175 g/mol. The van der Waals surface area contributed by atoms with Gasteiger partial charge in [-0.1, -0.05) is 0 Å². The molecule has 5 heteroatoms. The molecule has 1 aliphatic rings. The summed E-state index contributed by atoms with van der Waals surface area (Å²) in [6.45, 7) is 0. The van der Waals surface area contributed by atoms with Crippen molar-refractivity contribution in [1.82, 2.24) is 0 Å². The van der Waals surface area contributed by atoms with Gasteiger partial charge in [-0.05, 0) is 12.8 Å². The second-order valence-corrected chi connectivity index (χ2v) is 4.86. The van der Waals surface area contributed by atoms with Gasteiger partial charge in [0.2, 0.25) is 6.08 Å². The highest BCUT2D eigenvalue weighted by Crippen LogP contribution is 2.13. The van der Waals surface area contributed by atoms with E-state index in [9.17, 15) is 13.2 Å². The van der Waals surface area contributed by atoms with Gasteiger partial charge >= 0.3 is 0 Å². The quantitative estimate of drug-likeness (QED) is 0.413. The van der Waals surface area contributed by atoms with Crippen molar-refractivity contribution < 1.29 is 13.2 Å². The van der Waals surface area contributed by atoms with Crippen LogP contribution < -0.4 is 0 Å². The number of rotatable bonds is 1. The van der Waals surface area contributed by atoms with E-state index < -0.39 is 9.84 Å². The molecule has 0 amide bonds. The highest BCUT2D eigenvalue weighted by Gasteiger charge is 2.23. The molecule has 4 nitrogen and oxygen atoms in total. The summed E-state index contributed by atoms with van der Waals surface area (Å²) in [5, 5.41) is 0. The molecule has 0 aromatic heterocycles. The third kappa shape index (κ3) is 2.44. The van der Waals surface area contributed by atoms with Crippen molar-refractivity contribution in [2.24, 2.45) is 4.99 Å². The molecule has 1 unspecified atom stereocenters. The number of carbonyl (C=O) groups excluding carboxylic acids is 1. The van der Waals surface area contributed by atoms with E-state index in [1.807, 2.05) is 0 Å². The lowest BCUT2D eigenvalue weighted by Crippen LogP contribution is -2.27. The Hall–Kier alpha value is -0.670. The average molecular weight is 175 g/mol. The van der Waals surface area contributed by atoms with Crippen molar-refractivity contribution in [2.45, 2.75) is 18.9 Å². The van der Waals surface area contributed by atoms with Crippen LogP contribution in [0.15, 0.2) is 4.99 Å². The first-order valence-corrected chi connectivity index (χ1v) is 5.23. The molecule has 1 aliphatic heterocycles. The molecule has 0 aromatic rings. The van der Waals surface area contributed by atoms with Gasteiger partial charge in [0, 0.05) is 0 Å². The summed E-state index contributed by atoms with van der Waals surface area (Å²) in [6, 6.07) is -0.341. The molecule has 11 heavy (non-hydrogen) atoms. The Balaban J connectivity index is 2.67. The van der Waals surface area contributed by atoms with Gasteiger partial charge in [-0.3, -0.25) is 0 Å². The van der Waals surface area contributed by atoms with Gasteiger partial charge in [0.15, 0.2) is 9.84 Å². The molecule has 0 saturated carbocycles. The molecule has 1 heterocycles. The standard InChI is InChI=1S/C6H9NO3S/c8-5-7-6-2-1-3-11(9,10)4-6/h6H,1-4H2. The zero-order valence-electron chi connectivity index (χ0n) is 5.99. The molecule has 0 spiro atoms. The van der Waals surface area contributed by atoms with E-state index in [4.69, 9.17) is 0 Å². The van der Waals surface area contributed by atoms with Gasteiger partial charge in [0.25, 0.3) is 0 Å². The Morgan fingerprint density at radius 2 is 2.18 bits per heavy atom. The van der Waals surface area contributed by atoms with E-state index in [0.717, 1.165) is 0 Å². The summed E-state index contributed by atoms with van der Waals surface area (Å²) < 4.78 is 21.9. The maximum absolute atomic E-state index is 10.9. The van der Waals surface area contributed by atoms with E-state index in [1.165, 1.54) is 6.08 Å². The van der Waals surface area contributed by atoms with Gasteiger partial charge < -0.3 is 0 Å². The number of hydrogen-bond acceptors (Lipinski definition) is 4. The minimum Gasteiger partial charge on any atom is -0.229 e. The van der Waals surface area contributed by atoms with Crippen molar-refractivity contribution in [2.75, 3.05) is 11.5 Å². The normalized spacial score (nSPS) is 28.9. The SMILES string of the molecule is O=C=NC1CCCS(=O)(=O)C1. The predicted octanol–water partition coefficient (Wildman–Crippen LogP) is -0.101. The first kappa shape index (κ1) is 8.43. The molecule has 1 rings (SSSR count). The molecule has 0 aromatic carbocycles. The van der Waals surface area contributed by atoms with Crippen LogP contribution in [0.5, 0.6) is 0 Å². The number of isocyanates is 1. The third-order valence-corrected chi connectivity index (χ3v) is 3.48. The molecule has 0 bridgehead atoms. The minimum atomic E-state index is -2.93. The molecule has 1 fully saturated rings. The number of aliphatic imine (C=N–C) groups is 1. The Labute approximate surface area is 65.2 Å². The van der Waals surface area contributed by atoms with E-state index in [0.29, 0.717) is 12.8 Å². The van der Waals surface area contributed by atoms with E-state index in [1.54, 1.807) is 0 Å². The molecular formula is C6H9NO3S. The number of nitrogens with zero attached hydrogens (tertiary/aromatic N) is 1. The Bertz CT molecular complexity index is 276. The van der Waals surface area contributed by atoms with Crippen LogP contribution in [0.3, 0.4) is 0 Å². The average Bonchev–Trinajstić information content (AvgIpc) is 1.85. The zero-order chi connectivity index (χ0) is 8.32. The summed E-state index contributed by atoms with van der Waals surface area (Å²) in [4.78, 5) is 13.2. The first-order valence-electron chi connectivity index (χ1n) is 3.41. The Kier molecular flexibility index (Phi) is 2.42. The van der Waals surface area contributed by atoms with Crippen molar-refractivity contribution in [3.05, 3.63) is 0 Å². The molecular weight excluding hydrogens is 166 g/mol. The van der Waals surface area contributed by atoms with Gasteiger partial charge in [0.05, 0.1) is 17.5 Å². The van der Waals surface area contributed by atoms with Crippen LogP contribution in [0.4, 0.5) is 0 Å². The van der Waals surface area contributed by atoms with Gasteiger partial charge in [-0.25, -0.2) is 18.2 Å². The molecule has 62 valence electrons. The van der Waals surface area contributed by atoms with Crippen LogP contribution in [0.25, 0.3) is 0 Å². The van der Waals surface area contributed by atoms with Crippen molar-refractivity contribution >= 4 is 15.9 Å². The molecule has 0 radical (unpaired) electrons. The molecule has 0 aliphatic carbocycles. The zero-order valence-corrected chi connectivity index (χ0v) is 6.80. The lowest BCUT2D eigenvalue weighted by Gasteiger charge is -2.15. The summed E-state index contributed by atoms with van der Waals surface area (Å²) in [6.07, 6.45) is 2.68. The lowest BCUT2D eigenvalue weighted by molar-refractivity contribution is 0.538.